The van der Waals surface area contributed by atoms with Gasteiger partial charge in [0, 0.05) is 36.2 Å². The number of sulfone groups is 1. The minimum Gasteiger partial charge on any atom is -0.311 e. The summed E-state index contributed by atoms with van der Waals surface area (Å²) in [6.07, 6.45) is 3.38. The molecule has 0 aliphatic heterocycles. The van der Waals surface area contributed by atoms with E-state index in [2.05, 4.69) is 37.7 Å². The number of nitrogens with one attached hydrogen (secondary N) is 2. The summed E-state index contributed by atoms with van der Waals surface area (Å²) < 4.78 is 21.4. The largest absolute Gasteiger partial charge is 0.311 e. The Morgan fingerprint density at radius 3 is 1.60 bits per heavy atom. The molecule has 0 aromatic carbocycles. The Bertz CT molecular complexity index is 328. The van der Waals surface area contributed by atoms with E-state index in [4.69, 9.17) is 0 Å². The van der Waals surface area contributed by atoms with Gasteiger partial charge in [-0.3, -0.25) is 0 Å². The van der Waals surface area contributed by atoms with E-state index >= 15 is 0 Å². The monoisotopic (exact) mass is 326 g/mol. The van der Waals surface area contributed by atoms with Gasteiger partial charge >= 0.3 is 0 Å². The van der Waals surface area contributed by atoms with Crippen molar-refractivity contribution in [3.63, 3.8) is 0 Å². The Balaban J connectivity index is 0. The smallest absolute Gasteiger partial charge is 0.148 e. The predicted molar refractivity (Wildman–Crippen MR) is 93.6 cm³/mol. The van der Waals surface area contributed by atoms with Crippen LogP contribution in [0.5, 0.6) is 0 Å². The molecule has 0 aliphatic rings. The number of thioether (sulfide) groups is 1. The van der Waals surface area contributed by atoms with E-state index in [0.29, 0.717) is 6.54 Å². The van der Waals surface area contributed by atoms with Crippen LogP contribution in [0, 0.1) is 0 Å². The zero-order valence-electron chi connectivity index (χ0n) is 14.5. The van der Waals surface area contributed by atoms with Crippen molar-refractivity contribution in [3.8, 4) is 0 Å². The molecule has 20 heavy (non-hydrogen) atoms. The van der Waals surface area contributed by atoms with E-state index in [-0.39, 0.29) is 16.8 Å². The molecule has 0 fully saturated rings. The Hall–Kier alpha value is 0.220. The van der Waals surface area contributed by atoms with Crippen LogP contribution < -0.4 is 10.6 Å². The molecule has 0 bridgehead atoms. The molecule has 0 rings (SSSR count). The van der Waals surface area contributed by atoms with Crippen LogP contribution >= 0.6 is 11.8 Å². The minimum absolute atomic E-state index is 0.00465. The van der Waals surface area contributed by atoms with Crippen LogP contribution in [0.25, 0.3) is 0 Å². The van der Waals surface area contributed by atoms with Crippen LogP contribution in [-0.2, 0) is 9.84 Å². The minimum atomic E-state index is -2.81. The van der Waals surface area contributed by atoms with Crippen molar-refractivity contribution in [2.24, 2.45) is 0 Å². The zero-order valence-corrected chi connectivity index (χ0v) is 16.1. The summed E-state index contributed by atoms with van der Waals surface area (Å²) in [5, 5.41) is 6.50. The van der Waals surface area contributed by atoms with Gasteiger partial charge in [-0.05, 0) is 47.8 Å². The van der Waals surface area contributed by atoms with Crippen LogP contribution in [-0.4, -0.2) is 56.6 Å². The van der Waals surface area contributed by atoms with Crippen molar-refractivity contribution >= 4 is 21.6 Å². The fourth-order valence-corrected chi connectivity index (χ4v) is 1.92. The van der Waals surface area contributed by atoms with Crippen molar-refractivity contribution in [1.82, 2.24) is 10.6 Å². The van der Waals surface area contributed by atoms with Crippen molar-refractivity contribution in [2.75, 3.05) is 37.1 Å². The van der Waals surface area contributed by atoms with Gasteiger partial charge in [0.25, 0.3) is 0 Å². The van der Waals surface area contributed by atoms with Crippen LogP contribution in [0.3, 0.4) is 0 Å². The summed E-state index contributed by atoms with van der Waals surface area (Å²) in [6.45, 7) is 14.2. The van der Waals surface area contributed by atoms with Crippen molar-refractivity contribution < 1.29 is 8.42 Å². The second-order valence-corrected chi connectivity index (χ2v) is 10.2. The molecule has 0 saturated carbocycles. The lowest BCUT2D eigenvalue weighted by molar-refractivity contribution is 0.439. The summed E-state index contributed by atoms with van der Waals surface area (Å²) in [4.78, 5) is 0. The first-order chi connectivity index (χ1) is 8.77. The average molecular weight is 327 g/mol. The SMILES string of the molecule is CC(C)(C)NCCS(C)(=O)=O.CSCCNC(C)(C)C. The molecular formula is C14H34N2O2S2. The normalized spacial score (nSPS) is 12.8. The summed E-state index contributed by atoms with van der Waals surface area (Å²) >= 11 is 1.88. The molecule has 0 amide bonds. The molecule has 0 unspecified atom stereocenters. The standard InChI is InChI=1S/C7H17NO2S.C7H17NS/c1-7(2,3)8-5-6-11(4,9)10;1-7(2,3)8-5-6-9-4/h8H,5-6H2,1-4H3;8H,5-6H2,1-4H3. The van der Waals surface area contributed by atoms with Gasteiger partial charge < -0.3 is 10.6 Å². The molecule has 0 radical (unpaired) electrons. The Kier molecular flexibility index (Phi) is 11.3. The van der Waals surface area contributed by atoms with Gasteiger partial charge in [-0.15, -0.1) is 0 Å². The molecular weight excluding hydrogens is 292 g/mol. The first kappa shape index (κ1) is 22.5. The van der Waals surface area contributed by atoms with E-state index in [0.717, 1.165) is 6.54 Å². The molecule has 0 aliphatic carbocycles. The highest BCUT2D eigenvalue weighted by Crippen LogP contribution is 1.98. The van der Waals surface area contributed by atoms with Gasteiger partial charge in [-0.25, -0.2) is 8.42 Å². The molecule has 124 valence electrons. The molecule has 2 N–H and O–H groups in total. The van der Waals surface area contributed by atoms with Crippen LogP contribution in [0.1, 0.15) is 41.5 Å². The van der Waals surface area contributed by atoms with Crippen molar-refractivity contribution in [3.05, 3.63) is 0 Å². The molecule has 0 aromatic heterocycles. The molecule has 0 spiro atoms. The van der Waals surface area contributed by atoms with E-state index in [9.17, 15) is 8.42 Å². The highest BCUT2D eigenvalue weighted by Gasteiger charge is 2.09. The maximum atomic E-state index is 10.7. The molecule has 0 aromatic rings. The summed E-state index contributed by atoms with van der Waals surface area (Å²) in [5.41, 5.74) is 0.292. The second kappa shape index (κ2) is 10.0. The van der Waals surface area contributed by atoms with E-state index in [1.54, 1.807) is 0 Å². The van der Waals surface area contributed by atoms with Crippen LogP contribution in [0.15, 0.2) is 0 Å². The lowest BCUT2D eigenvalue weighted by Crippen LogP contribution is -2.38. The second-order valence-electron chi connectivity index (χ2n) is 6.98. The third kappa shape index (κ3) is 26.7. The molecule has 0 atom stereocenters. The van der Waals surface area contributed by atoms with Crippen molar-refractivity contribution in [1.29, 1.82) is 0 Å². The van der Waals surface area contributed by atoms with Gasteiger partial charge in [-0.1, -0.05) is 0 Å². The van der Waals surface area contributed by atoms with Crippen molar-refractivity contribution in [2.45, 2.75) is 52.6 Å². The number of hydrogen-bond donors (Lipinski definition) is 2. The summed E-state index contributed by atoms with van der Waals surface area (Å²) in [6, 6.07) is 0. The Morgan fingerprint density at radius 1 is 0.900 bits per heavy atom. The fourth-order valence-electron chi connectivity index (χ4n) is 1.14. The van der Waals surface area contributed by atoms with Gasteiger partial charge in [0.15, 0.2) is 0 Å². The highest BCUT2D eigenvalue weighted by molar-refractivity contribution is 7.98. The maximum Gasteiger partial charge on any atom is 0.148 e. The van der Waals surface area contributed by atoms with Gasteiger partial charge in [0.1, 0.15) is 9.84 Å². The average Bonchev–Trinajstić information content (AvgIpc) is 2.12. The van der Waals surface area contributed by atoms with Crippen LogP contribution in [0.2, 0.25) is 0 Å². The Morgan fingerprint density at radius 2 is 1.30 bits per heavy atom. The molecule has 0 saturated heterocycles. The molecule has 4 nitrogen and oxygen atoms in total. The zero-order chi connectivity index (χ0) is 16.4. The number of rotatable bonds is 6. The number of hydrogen-bond acceptors (Lipinski definition) is 5. The van der Waals surface area contributed by atoms with E-state index in [1.165, 1.54) is 12.0 Å². The van der Waals surface area contributed by atoms with E-state index < -0.39 is 9.84 Å². The lowest BCUT2D eigenvalue weighted by atomic mass is 10.1. The molecule has 6 heteroatoms. The van der Waals surface area contributed by atoms with Crippen LogP contribution in [0.4, 0.5) is 0 Å². The summed E-state index contributed by atoms with van der Waals surface area (Å²) in [7, 11) is -2.81. The Labute approximate surface area is 130 Å². The predicted octanol–water partition coefficient (Wildman–Crippen LogP) is 2.16. The lowest BCUT2D eigenvalue weighted by Gasteiger charge is -2.19. The van der Waals surface area contributed by atoms with Gasteiger partial charge in [0.2, 0.25) is 0 Å². The third-order valence-corrected chi connectivity index (χ3v) is 3.65. The fraction of sp³-hybridized carbons (Fsp3) is 1.00. The summed E-state index contributed by atoms with van der Waals surface area (Å²) in [5.74, 6) is 1.42. The first-order valence-corrected chi connectivity index (χ1v) is 10.4. The maximum absolute atomic E-state index is 10.7. The van der Waals surface area contributed by atoms with Gasteiger partial charge in [-0.2, -0.15) is 11.8 Å². The quantitative estimate of drug-likeness (QED) is 0.733. The van der Waals surface area contributed by atoms with E-state index in [1.807, 2.05) is 32.5 Å². The topological polar surface area (TPSA) is 58.2 Å². The first-order valence-electron chi connectivity index (χ1n) is 6.93. The highest BCUT2D eigenvalue weighted by atomic mass is 32.2. The molecule has 0 heterocycles. The van der Waals surface area contributed by atoms with Gasteiger partial charge in [0.05, 0.1) is 5.75 Å². The third-order valence-electron chi connectivity index (χ3n) is 2.09.